The van der Waals surface area contributed by atoms with Crippen LogP contribution in [-0.4, -0.2) is 21.9 Å². The summed E-state index contributed by atoms with van der Waals surface area (Å²) in [6.45, 7) is 4.18. The lowest BCUT2D eigenvalue weighted by Crippen LogP contribution is -2.21. The Kier molecular flexibility index (Phi) is 2.04. The normalized spacial score (nSPS) is 12.2. The largest absolute Gasteiger partial charge is 0.395 e. The fraction of sp³-hybridized carbons (Fsp3) is 0.364. The molecule has 3 heteroatoms. The van der Waals surface area contributed by atoms with Gasteiger partial charge in [-0.15, -0.1) is 0 Å². The van der Waals surface area contributed by atoms with Crippen molar-refractivity contribution in [2.75, 3.05) is 6.61 Å². The molecule has 0 spiro atoms. The van der Waals surface area contributed by atoms with Gasteiger partial charge in [-0.1, -0.05) is 26.0 Å². The first-order valence-electron chi connectivity index (χ1n) is 4.68. The van der Waals surface area contributed by atoms with Crippen LogP contribution in [-0.2, 0) is 5.41 Å². The number of hydrogen-bond donors (Lipinski definition) is 2. The van der Waals surface area contributed by atoms with Crippen LogP contribution < -0.4 is 0 Å². The maximum atomic E-state index is 9.24. The predicted molar refractivity (Wildman–Crippen MR) is 56.2 cm³/mol. The van der Waals surface area contributed by atoms with Gasteiger partial charge in [0.2, 0.25) is 0 Å². The number of benzene rings is 1. The fourth-order valence-corrected chi connectivity index (χ4v) is 1.45. The van der Waals surface area contributed by atoms with Crippen molar-refractivity contribution in [3.63, 3.8) is 0 Å². The van der Waals surface area contributed by atoms with Crippen LogP contribution in [0.25, 0.3) is 10.9 Å². The number of aliphatic hydroxyl groups is 1. The maximum absolute atomic E-state index is 9.24. The molecular weight excluding hydrogens is 176 g/mol. The minimum atomic E-state index is -0.195. The number of fused-ring (bicyclic) bond motifs is 1. The summed E-state index contributed by atoms with van der Waals surface area (Å²) in [5.74, 6) is 0. The Morgan fingerprint density at radius 3 is 2.93 bits per heavy atom. The van der Waals surface area contributed by atoms with Crippen LogP contribution in [0.15, 0.2) is 24.4 Å². The van der Waals surface area contributed by atoms with Gasteiger partial charge in [-0.2, -0.15) is 5.10 Å². The summed E-state index contributed by atoms with van der Waals surface area (Å²) in [6.07, 6.45) is 1.80. The predicted octanol–water partition coefficient (Wildman–Crippen LogP) is 1.83. The second-order valence-electron chi connectivity index (χ2n) is 4.21. The third-order valence-corrected chi connectivity index (χ3v) is 2.62. The van der Waals surface area contributed by atoms with E-state index in [4.69, 9.17) is 0 Å². The average Bonchev–Trinajstić information content (AvgIpc) is 2.64. The second kappa shape index (κ2) is 3.10. The molecule has 0 aliphatic heterocycles. The molecule has 0 amide bonds. The first kappa shape index (κ1) is 9.21. The second-order valence-corrected chi connectivity index (χ2v) is 4.21. The molecule has 2 aromatic rings. The van der Waals surface area contributed by atoms with E-state index in [0.717, 1.165) is 16.5 Å². The fourth-order valence-electron chi connectivity index (χ4n) is 1.45. The van der Waals surface area contributed by atoms with Crippen molar-refractivity contribution in [1.29, 1.82) is 0 Å². The number of aliphatic hydroxyl groups excluding tert-OH is 1. The highest BCUT2D eigenvalue weighted by Gasteiger charge is 2.19. The Hall–Kier alpha value is -1.35. The van der Waals surface area contributed by atoms with Gasteiger partial charge in [0.1, 0.15) is 0 Å². The molecule has 0 atom stereocenters. The highest BCUT2D eigenvalue weighted by molar-refractivity contribution is 5.78. The summed E-state index contributed by atoms with van der Waals surface area (Å²) in [5, 5.41) is 17.2. The zero-order valence-electron chi connectivity index (χ0n) is 8.41. The van der Waals surface area contributed by atoms with Gasteiger partial charge < -0.3 is 5.11 Å². The Morgan fingerprint density at radius 2 is 2.21 bits per heavy atom. The van der Waals surface area contributed by atoms with Gasteiger partial charge in [0.15, 0.2) is 0 Å². The van der Waals surface area contributed by atoms with E-state index >= 15 is 0 Å². The standard InChI is InChI=1S/C11H14N2O/c1-11(2,7-14)9-4-3-8-6-12-13-10(8)5-9/h3-6,14H,7H2,1-2H3,(H,12,13). The third kappa shape index (κ3) is 1.40. The van der Waals surface area contributed by atoms with Crippen molar-refractivity contribution >= 4 is 10.9 Å². The Bertz CT molecular complexity index is 445. The van der Waals surface area contributed by atoms with Gasteiger partial charge in [0.25, 0.3) is 0 Å². The summed E-state index contributed by atoms with van der Waals surface area (Å²) in [6, 6.07) is 6.10. The molecule has 3 nitrogen and oxygen atoms in total. The first-order valence-corrected chi connectivity index (χ1v) is 4.68. The molecule has 0 aliphatic rings. The molecule has 0 saturated carbocycles. The first-order chi connectivity index (χ1) is 6.63. The van der Waals surface area contributed by atoms with Crippen molar-refractivity contribution in [3.05, 3.63) is 30.0 Å². The molecule has 1 aromatic heterocycles. The number of hydrogen-bond acceptors (Lipinski definition) is 2. The van der Waals surface area contributed by atoms with Crippen LogP contribution >= 0.6 is 0 Å². The highest BCUT2D eigenvalue weighted by Crippen LogP contribution is 2.25. The lowest BCUT2D eigenvalue weighted by molar-refractivity contribution is 0.218. The van der Waals surface area contributed by atoms with Crippen molar-refractivity contribution in [1.82, 2.24) is 10.2 Å². The van der Waals surface area contributed by atoms with E-state index in [1.54, 1.807) is 6.20 Å². The van der Waals surface area contributed by atoms with Gasteiger partial charge in [-0.25, -0.2) is 0 Å². The number of nitrogens with zero attached hydrogens (tertiary/aromatic N) is 1. The van der Waals surface area contributed by atoms with Crippen LogP contribution in [0.4, 0.5) is 0 Å². The van der Waals surface area contributed by atoms with Gasteiger partial charge in [-0.05, 0) is 11.6 Å². The number of aromatic amines is 1. The Morgan fingerprint density at radius 1 is 1.43 bits per heavy atom. The Balaban J connectivity index is 2.53. The zero-order valence-corrected chi connectivity index (χ0v) is 8.41. The smallest absolute Gasteiger partial charge is 0.0653 e. The van der Waals surface area contributed by atoms with Gasteiger partial charge >= 0.3 is 0 Å². The molecule has 0 bridgehead atoms. The van der Waals surface area contributed by atoms with Crippen LogP contribution in [0.2, 0.25) is 0 Å². The maximum Gasteiger partial charge on any atom is 0.0653 e. The van der Waals surface area contributed by atoms with E-state index in [9.17, 15) is 5.11 Å². The number of rotatable bonds is 2. The molecule has 1 aromatic carbocycles. The molecule has 2 N–H and O–H groups in total. The summed E-state index contributed by atoms with van der Waals surface area (Å²) < 4.78 is 0. The van der Waals surface area contributed by atoms with Gasteiger partial charge in [-0.3, -0.25) is 5.10 Å². The SMILES string of the molecule is CC(C)(CO)c1ccc2cn[nH]c2c1. The van der Waals surface area contributed by atoms with Gasteiger partial charge in [0, 0.05) is 10.8 Å². The summed E-state index contributed by atoms with van der Waals surface area (Å²) >= 11 is 0. The number of nitrogens with one attached hydrogen (secondary N) is 1. The molecule has 0 fully saturated rings. The average molecular weight is 190 g/mol. The van der Waals surface area contributed by atoms with E-state index < -0.39 is 0 Å². The van der Waals surface area contributed by atoms with E-state index in [2.05, 4.69) is 10.2 Å². The topological polar surface area (TPSA) is 48.9 Å². The molecule has 2 rings (SSSR count). The van der Waals surface area contributed by atoms with E-state index in [1.165, 1.54) is 0 Å². The quantitative estimate of drug-likeness (QED) is 0.759. The molecule has 0 saturated heterocycles. The lowest BCUT2D eigenvalue weighted by Gasteiger charge is -2.21. The summed E-state index contributed by atoms with van der Waals surface area (Å²) in [5.41, 5.74) is 1.94. The number of aromatic nitrogens is 2. The molecule has 74 valence electrons. The van der Waals surface area contributed by atoms with Crippen LogP contribution in [0, 0.1) is 0 Å². The highest BCUT2D eigenvalue weighted by atomic mass is 16.3. The molecule has 14 heavy (non-hydrogen) atoms. The lowest BCUT2D eigenvalue weighted by atomic mass is 9.85. The Labute approximate surface area is 82.8 Å². The van der Waals surface area contributed by atoms with Crippen molar-refractivity contribution < 1.29 is 5.11 Å². The molecule has 1 heterocycles. The third-order valence-electron chi connectivity index (χ3n) is 2.62. The van der Waals surface area contributed by atoms with Crippen LogP contribution in [0.3, 0.4) is 0 Å². The van der Waals surface area contributed by atoms with Crippen molar-refractivity contribution in [2.45, 2.75) is 19.3 Å². The molecule has 0 aliphatic carbocycles. The molecule has 0 radical (unpaired) electrons. The molecule has 0 unspecified atom stereocenters. The van der Waals surface area contributed by atoms with Crippen molar-refractivity contribution in [2.24, 2.45) is 0 Å². The van der Waals surface area contributed by atoms with Crippen molar-refractivity contribution in [3.8, 4) is 0 Å². The molecular formula is C11H14N2O. The monoisotopic (exact) mass is 190 g/mol. The minimum absolute atomic E-state index is 0.145. The van der Waals surface area contributed by atoms with E-state index in [0.29, 0.717) is 0 Å². The van der Waals surface area contributed by atoms with Crippen LogP contribution in [0.5, 0.6) is 0 Å². The van der Waals surface area contributed by atoms with E-state index in [1.807, 2.05) is 32.0 Å². The van der Waals surface area contributed by atoms with E-state index in [-0.39, 0.29) is 12.0 Å². The summed E-state index contributed by atoms with van der Waals surface area (Å²) in [7, 11) is 0. The van der Waals surface area contributed by atoms with Crippen LogP contribution in [0.1, 0.15) is 19.4 Å². The zero-order chi connectivity index (χ0) is 10.2. The minimum Gasteiger partial charge on any atom is -0.395 e. The number of H-pyrrole nitrogens is 1. The summed E-state index contributed by atoms with van der Waals surface area (Å²) in [4.78, 5) is 0. The van der Waals surface area contributed by atoms with Gasteiger partial charge in [0.05, 0.1) is 18.3 Å².